The van der Waals surface area contributed by atoms with E-state index >= 15 is 0 Å². The van der Waals surface area contributed by atoms with Gasteiger partial charge in [-0.2, -0.15) is 5.10 Å². The van der Waals surface area contributed by atoms with E-state index in [4.69, 9.17) is 19.3 Å². The number of carbonyl (C=O) groups excluding carboxylic acids is 1. The zero-order valence-electron chi connectivity index (χ0n) is 19.6. The Balaban J connectivity index is 1.97. The Morgan fingerprint density at radius 3 is 2.47 bits per heavy atom. The van der Waals surface area contributed by atoms with Crippen LogP contribution in [0.25, 0.3) is 11.3 Å². The summed E-state index contributed by atoms with van der Waals surface area (Å²) in [6, 6.07) is 17.9. The number of rotatable bonds is 11. The van der Waals surface area contributed by atoms with E-state index < -0.39 is 5.60 Å². The highest BCUT2D eigenvalue weighted by Crippen LogP contribution is 2.28. The monoisotopic (exact) mass is 436 g/mol. The molecule has 0 radical (unpaired) electrons. The molecule has 0 N–H and O–H groups in total. The van der Waals surface area contributed by atoms with Gasteiger partial charge in [0.15, 0.2) is 5.78 Å². The van der Waals surface area contributed by atoms with Crippen LogP contribution in [0.2, 0.25) is 0 Å². The summed E-state index contributed by atoms with van der Waals surface area (Å²) < 4.78 is 19.3. The van der Waals surface area contributed by atoms with Crippen LogP contribution in [0, 0.1) is 0 Å². The molecule has 3 rings (SSSR count). The Hall–Kier alpha value is -3.12. The highest BCUT2D eigenvalue weighted by atomic mass is 16.5. The van der Waals surface area contributed by atoms with Crippen LogP contribution in [0.3, 0.4) is 0 Å². The molecule has 0 unspecified atom stereocenters. The molecule has 0 spiro atoms. The van der Waals surface area contributed by atoms with Gasteiger partial charge in [-0.25, -0.2) is 0 Å². The topological polar surface area (TPSA) is 62.6 Å². The third kappa shape index (κ3) is 5.77. The first-order valence-electron chi connectivity index (χ1n) is 11.0. The Morgan fingerprint density at radius 2 is 1.75 bits per heavy atom. The van der Waals surface area contributed by atoms with Gasteiger partial charge < -0.3 is 14.2 Å². The molecule has 0 atom stereocenters. The maximum atomic E-state index is 11.8. The van der Waals surface area contributed by atoms with Crippen molar-refractivity contribution in [2.45, 2.75) is 53.4 Å². The molecule has 3 aromatic rings. The normalized spacial score (nSPS) is 11.4. The first kappa shape index (κ1) is 23.5. The van der Waals surface area contributed by atoms with Crippen LogP contribution in [-0.4, -0.2) is 34.4 Å². The van der Waals surface area contributed by atoms with Gasteiger partial charge >= 0.3 is 0 Å². The van der Waals surface area contributed by atoms with Crippen LogP contribution in [-0.2, 0) is 22.7 Å². The second-order valence-electron chi connectivity index (χ2n) is 8.04. The molecule has 0 aliphatic heterocycles. The van der Waals surface area contributed by atoms with Gasteiger partial charge in [-0.3, -0.25) is 9.48 Å². The van der Waals surface area contributed by atoms with Crippen molar-refractivity contribution < 1.29 is 19.0 Å². The van der Waals surface area contributed by atoms with Crippen LogP contribution < -0.4 is 9.47 Å². The first-order valence-corrected chi connectivity index (χ1v) is 11.0. The number of hydrogen-bond donors (Lipinski definition) is 0. The number of aromatic nitrogens is 2. The smallest absolute Gasteiger partial charge is 0.161 e. The highest BCUT2D eigenvalue weighted by molar-refractivity contribution is 5.83. The lowest BCUT2D eigenvalue weighted by molar-refractivity contribution is -0.139. The minimum atomic E-state index is -0.861. The van der Waals surface area contributed by atoms with Crippen LogP contribution >= 0.6 is 0 Å². The predicted octanol–water partition coefficient (Wildman–Crippen LogP) is 5.28. The number of ether oxygens (including phenoxy) is 3. The number of Topliss-reactive ketones (excluding diaryl/α,β-unsaturated/α-hetero) is 1. The van der Waals surface area contributed by atoms with Crippen molar-refractivity contribution in [3.05, 3.63) is 65.9 Å². The molecule has 0 amide bonds. The van der Waals surface area contributed by atoms with Gasteiger partial charge in [0.05, 0.1) is 37.8 Å². The maximum Gasteiger partial charge on any atom is 0.161 e. The molecule has 0 aliphatic carbocycles. The lowest BCUT2D eigenvalue weighted by Gasteiger charge is -2.21. The van der Waals surface area contributed by atoms with Crippen LogP contribution in [0.4, 0.5) is 0 Å². The molecule has 6 heteroatoms. The molecule has 0 aliphatic rings. The molecule has 0 bridgehead atoms. The van der Waals surface area contributed by atoms with Crippen molar-refractivity contribution in [1.82, 2.24) is 9.78 Å². The minimum Gasteiger partial charge on any atom is -0.494 e. The molecule has 0 saturated heterocycles. The lowest BCUT2D eigenvalue weighted by Crippen LogP contribution is -2.32. The first-order chi connectivity index (χ1) is 15.3. The Bertz CT molecular complexity index is 1060. The van der Waals surface area contributed by atoms with E-state index in [2.05, 4.69) is 0 Å². The Kier molecular flexibility index (Phi) is 7.70. The third-order valence-corrected chi connectivity index (χ3v) is 5.29. The highest BCUT2D eigenvalue weighted by Gasteiger charge is 2.25. The van der Waals surface area contributed by atoms with E-state index in [1.165, 1.54) is 6.92 Å². The van der Waals surface area contributed by atoms with Crippen molar-refractivity contribution >= 4 is 5.78 Å². The summed E-state index contributed by atoms with van der Waals surface area (Å²) in [6.07, 6.45) is 0. The van der Waals surface area contributed by atoms with Crippen LogP contribution in [0.15, 0.2) is 54.6 Å². The van der Waals surface area contributed by atoms with E-state index in [-0.39, 0.29) is 12.4 Å². The lowest BCUT2D eigenvalue weighted by atomic mass is 10.1. The van der Waals surface area contributed by atoms with Gasteiger partial charge in [-0.1, -0.05) is 30.3 Å². The van der Waals surface area contributed by atoms with Crippen LogP contribution in [0.5, 0.6) is 11.5 Å². The van der Waals surface area contributed by atoms with Crippen LogP contribution in [0.1, 0.15) is 45.9 Å². The van der Waals surface area contributed by atoms with Crippen molar-refractivity contribution in [2.75, 3.05) is 13.2 Å². The van der Waals surface area contributed by atoms with E-state index in [1.54, 1.807) is 13.8 Å². The molecule has 170 valence electrons. The minimum absolute atomic E-state index is 0.0211. The summed E-state index contributed by atoms with van der Waals surface area (Å²) >= 11 is 0. The Labute approximate surface area is 190 Å². The van der Waals surface area contributed by atoms with E-state index in [0.29, 0.717) is 19.8 Å². The molecule has 2 aromatic carbocycles. The summed E-state index contributed by atoms with van der Waals surface area (Å²) in [5.74, 6) is 1.63. The quantitative estimate of drug-likeness (QED) is 0.409. The van der Waals surface area contributed by atoms with E-state index in [9.17, 15) is 4.79 Å². The SMILES string of the molecule is CCOc1cccc(-c2cc(COC(C)(C)C(C)=O)nn2Cc2ccccc2OCC)c1. The van der Waals surface area contributed by atoms with Crippen molar-refractivity contribution in [1.29, 1.82) is 0 Å². The summed E-state index contributed by atoms with van der Waals surface area (Å²) in [6.45, 7) is 11.0. The summed E-state index contributed by atoms with van der Waals surface area (Å²) in [5, 5.41) is 4.81. The molecule has 6 nitrogen and oxygen atoms in total. The number of carbonyl (C=O) groups is 1. The van der Waals surface area contributed by atoms with Gasteiger partial charge in [0, 0.05) is 11.1 Å². The second-order valence-corrected chi connectivity index (χ2v) is 8.04. The van der Waals surface area contributed by atoms with Gasteiger partial charge in [0.1, 0.15) is 17.1 Å². The van der Waals surface area contributed by atoms with Gasteiger partial charge in [0.2, 0.25) is 0 Å². The predicted molar refractivity (Wildman–Crippen MR) is 125 cm³/mol. The van der Waals surface area contributed by atoms with Crippen molar-refractivity contribution in [3.63, 3.8) is 0 Å². The number of benzene rings is 2. The fraction of sp³-hybridized carbons (Fsp3) is 0.385. The summed E-state index contributed by atoms with van der Waals surface area (Å²) in [4.78, 5) is 11.8. The average Bonchev–Trinajstić information content (AvgIpc) is 3.17. The number of hydrogen-bond acceptors (Lipinski definition) is 5. The molecule has 1 aromatic heterocycles. The molecule has 32 heavy (non-hydrogen) atoms. The summed E-state index contributed by atoms with van der Waals surface area (Å²) in [7, 11) is 0. The Morgan fingerprint density at radius 1 is 1.00 bits per heavy atom. The maximum absolute atomic E-state index is 11.8. The molecule has 0 fully saturated rings. The molecular weight excluding hydrogens is 404 g/mol. The van der Waals surface area contributed by atoms with Gasteiger partial charge in [-0.15, -0.1) is 0 Å². The third-order valence-electron chi connectivity index (χ3n) is 5.29. The van der Waals surface area contributed by atoms with E-state index in [0.717, 1.165) is 34.0 Å². The zero-order chi connectivity index (χ0) is 23.1. The number of nitrogens with zero attached hydrogens (tertiary/aromatic N) is 2. The largest absolute Gasteiger partial charge is 0.494 e. The van der Waals surface area contributed by atoms with Gasteiger partial charge in [-0.05, 0) is 58.9 Å². The zero-order valence-corrected chi connectivity index (χ0v) is 19.6. The van der Waals surface area contributed by atoms with Gasteiger partial charge in [0.25, 0.3) is 0 Å². The molecule has 1 heterocycles. The molecule has 0 saturated carbocycles. The van der Waals surface area contributed by atoms with Crippen molar-refractivity contribution in [2.24, 2.45) is 0 Å². The van der Waals surface area contributed by atoms with Crippen molar-refractivity contribution in [3.8, 4) is 22.8 Å². The molecular formula is C26H32N2O4. The summed E-state index contributed by atoms with van der Waals surface area (Å²) in [5.41, 5.74) is 2.87. The van der Waals surface area contributed by atoms with E-state index in [1.807, 2.05) is 73.1 Å². The standard InChI is InChI=1S/C26H32N2O4/c1-6-30-23-13-10-12-20(15-23)24-16-22(18-32-26(4,5)19(3)29)27-28(24)17-21-11-8-9-14-25(21)31-7-2/h8-16H,6-7,17-18H2,1-5H3. The number of para-hydroxylation sites is 1. The second kappa shape index (κ2) is 10.5. The average molecular weight is 437 g/mol. The number of ketones is 1. The fourth-order valence-electron chi connectivity index (χ4n) is 3.25. The fourth-order valence-corrected chi connectivity index (χ4v) is 3.25.